The van der Waals surface area contributed by atoms with Crippen LogP contribution in [0, 0.1) is 10.1 Å². The molecule has 1 aromatic carbocycles. The highest BCUT2D eigenvalue weighted by atomic mass is 16.6. The van der Waals surface area contributed by atoms with Crippen LogP contribution in [0.25, 0.3) is 0 Å². The maximum atomic E-state index is 10.8. The number of hydrogen-bond acceptors (Lipinski definition) is 6. The van der Waals surface area contributed by atoms with Crippen LogP contribution >= 0.6 is 0 Å². The molecule has 0 fully saturated rings. The maximum Gasteiger partial charge on any atom is 0.273 e. The van der Waals surface area contributed by atoms with E-state index in [1.807, 2.05) is 12.3 Å². The van der Waals surface area contributed by atoms with Crippen LogP contribution in [0.2, 0.25) is 0 Å². The number of hydrazine groups is 1. The molecule has 0 aliphatic rings. The standard InChI is InChI=1S/C11H14N6O2/c12-15-10-6-9(7-11(8-10)17(18)19)13-3-5-16-4-1-2-14-16/h1-2,4,6-8,13,15H,3,5,12H2. The zero-order chi connectivity index (χ0) is 13.7. The number of non-ortho nitro benzene ring substituents is 1. The third kappa shape index (κ3) is 3.42. The number of benzene rings is 1. The van der Waals surface area contributed by atoms with Crippen LogP contribution in [0.4, 0.5) is 17.1 Å². The van der Waals surface area contributed by atoms with Gasteiger partial charge < -0.3 is 10.7 Å². The Labute approximate surface area is 109 Å². The molecule has 4 N–H and O–H groups in total. The van der Waals surface area contributed by atoms with Gasteiger partial charge in [0.05, 0.1) is 17.2 Å². The van der Waals surface area contributed by atoms with Crippen LogP contribution in [0.15, 0.2) is 36.7 Å². The van der Waals surface area contributed by atoms with Crippen molar-refractivity contribution in [2.75, 3.05) is 17.3 Å². The minimum absolute atomic E-state index is 0.0166. The second-order valence-electron chi connectivity index (χ2n) is 3.87. The van der Waals surface area contributed by atoms with Crippen molar-refractivity contribution < 1.29 is 4.92 Å². The van der Waals surface area contributed by atoms with Crippen LogP contribution in [-0.4, -0.2) is 21.2 Å². The first-order valence-corrected chi connectivity index (χ1v) is 5.66. The number of nitrogens with one attached hydrogen (secondary N) is 2. The molecule has 1 heterocycles. The first kappa shape index (κ1) is 12.8. The van der Waals surface area contributed by atoms with Gasteiger partial charge in [-0.05, 0) is 12.1 Å². The lowest BCUT2D eigenvalue weighted by Gasteiger charge is -2.08. The minimum atomic E-state index is -0.459. The van der Waals surface area contributed by atoms with Gasteiger partial charge in [-0.25, -0.2) is 0 Å². The van der Waals surface area contributed by atoms with Gasteiger partial charge in [-0.15, -0.1) is 0 Å². The molecule has 8 nitrogen and oxygen atoms in total. The molecule has 100 valence electrons. The molecule has 2 aromatic rings. The fourth-order valence-corrected chi connectivity index (χ4v) is 1.65. The number of rotatable bonds is 6. The topological polar surface area (TPSA) is 111 Å². The van der Waals surface area contributed by atoms with Gasteiger partial charge >= 0.3 is 0 Å². The molecule has 2 rings (SSSR count). The van der Waals surface area contributed by atoms with E-state index < -0.39 is 4.92 Å². The summed E-state index contributed by atoms with van der Waals surface area (Å²) in [5.74, 6) is 5.28. The molecule has 0 spiro atoms. The Balaban J connectivity index is 2.02. The van der Waals surface area contributed by atoms with E-state index in [0.717, 1.165) is 0 Å². The van der Waals surface area contributed by atoms with Crippen molar-refractivity contribution in [1.82, 2.24) is 9.78 Å². The van der Waals surface area contributed by atoms with Gasteiger partial charge in [-0.1, -0.05) is 0 Å². The Kier molecular flexibility index (Phi) is 3.94. The summed E-state index contributed by atoms with van der Waals surface area (Å²) in [4.78, 5) is 10.3. The highest BCUT2D eigenvalue weighted by Crippen LogP contribution is 2.23. The van der Waals surface area contributed by atoms with Gasteiger partial charge in [0.25, 0.3) is 5.69 Å². The van der Waals surface area contributed by atoms with Crippen molar-refractivity contribution >= 4 is 17.1 Å². The second-order valence-corrected chi connectivity index (χ2v) is 3.87. The van der Waals surface area contributed by atoms with Crippen molar-refractivity contribution in [3.05, 3.63) is 46.8 Å². The molecule has 0 aliphatic heterocycles. The summed E-state index contributed by atoms with van der Waals surface area (Å²) < 4.78 is 1.77. The van der Waals surface area contributed by atoms with Gasteiger partial charge in [0.1, 0.15) is 0 Å². The van der Waals surface area contributed by atoms with Crippen molar-refractivity contribution in [2.24, 2.45) is 5.84 Å². The van der Waals surface area contributed by atoms with E-state index in [2.05, 4.69) is 15.8 Å². The lowest BCUT2D eigenvalue weighted by molar-refractivity contribution is -0.384. The van der Waals surface area contributed by atoms with E-state index in [0.29, 0.717) is 24.5 Å². The largest absolute Gasteiger partial charge is 0.383 e. The molecule has 0 atom stereocenters. The molecule has 8 heteroatoms. The summed E-state index contributed by atoms with van der Waals surface area (Å²) in [6.45, 7) is 1.27. The monoisotopic (exact) mass is 262 g/mol. The molecule has 0 bridgehead atoms. The van der Waals surface area contributed by atoms with Crippen molar-refractivity contribution in [3.8, 4) is 0 Å². The van der Waals surface area contributed by atoms with Crippen LogP contribution < -0.4 is 16.6 Å². The summed E-state index contributed by atoms with van der Waals surface area (Å²) in [5.41, 5.74) is 3.50. The SMILES string of the molecule is NNc1cc(NCCn2cccn2)cc([N+](=O)[O-])c1. The summed E-state index contributed by atoms with van der Waals surface area (Å²) in [5, 5.41) is 17.9. The molecule has 0 aliphatic carbocycles. The molecular weight excluding hydrogens is 248 g/mol. The molecule has 1 aromatic heterocycles. The third-order valence-corrected chi connectivity index (χ3v) is 2.52. The summed E-state index contributed by atoms with van der Waals surface area (Å²) in [6, 6.07) is 6.38. The molecule has 0 saturated carbocycles. The highest BCUT2D eigenvalue weighted by molar-refractivity contribution is 5.63. The van der Waals surface area contributed by atoms with Crippen LogP contribution in [0.5, 0.6) is 0 Å². The number of nitrogen functional groups attached to an aromatic ring is 1. The molecular formula is C11H14N6O2. The Morgan fingerprint density at radius 1 is 1.37 bits per heavy atom. The minimum Gasteiger partial charge on any atom is -0.383 e. The van der Waals surface area contributed by atoms with E-state index in [1.165, 1.54) is 12.1 Å². The first-order valence-electron chi connectivity index (χ1n) is 5.66. The van der Waals surface area contributed by atoms with E-state index in [4.69, 9.17) is 5.84 Å². The predicted octanol–water partition coefficient (Wildman–Crippen LogP) is 1.19. The number of aromatic nitrogens is 2. The average Bonchev–Trinajstić information content (AvgIpc) is 2.91. The summed E-state index contributed by atoms with van der Waals surface area (Å²) in [7, 11) is 0. The number of nitro groups is 1. The lowest BCUT2D eigenvalue weighted by atomic mass is 10.2. The summed E-state index contributed by atoms with van der Waals surface area (Å²) >= 11 is 0. The molecule has 0 unspecified atom stereocenters. The zero-order valence-corrected chi connectivity index (χ0v) is 10.1. The predicted molar refractivity (Wildman–Crippen MR) is 71.6 cm³/mol. The number of nitrogens with two attached hydrogens (primary N) is 1. The fourth-order valence-electron chi connectivity index (χ4n) is 1.65. The molecule has 0 radical (unpaired) electrons. The lowest BCUT2D eigenvalue weighted by Crippen LogP contribution is -2.12. The van der Waals surface area contributed by atoms with Crippen molar-refractivity contribution in [3.63, 3.8) is 0 Å². The molecule has 0 amide bonds. The fraction of sp³-hybridized carbons (Fsp3) is 0.182. The van der Waals surface area contributed by atoms with E-state index in [9.17, 15) is 10.1 Å². The van der Waals surface area contributed by atoms with E-state index >= 15 is 0 Å². The number of nitrogens with zero attached hydrogens (tertiary/aromatic N) is 3. The maximum absolute atomic E-state index is 10.8. The summed E-state index contributed by atoms with van der Waals surface area (Å²) in [6.07, 6.45) is 3.55. The Morgan fingerprint density at radius 2 is 2.16 bits per heavy atom. The average molecular weight is 262 g/mol. The second kappa shape index (κ2) is 5.83. The van der Waals surface area contributed by atoms with Gasteiger partial charge in [0, 0.05) is 36.8 Å². The molecule has 0 saturated heterocycles. The van der Waals surface area contributed by atoms with E-state index in [-0.39, 0.29) is 5.69 Å². The first-order chi connectivity index (χ1) is 9.19. The van der Waals surface area contributed by atoms with Gasteiger partial charge in [-0.3, -0.25) is 20.6 Å². The number of anilines is 2. The number of hydrogen-bond donors (Lipinski definition) is 3. The zero-order valence-electron chi connectivity index (χ0n) is 10.1. The van der Waals surface area contributed by atoms with Gasteiger partial charge in [0.15, 0.2) is 0 Å². The van der Waals surface area contributed by atoms with E-state index in [1.54, 1.807) is 16.9 Å². The van der Waals surface area contributed by atoms with Crippen LogP contribution in [-0.2, 0) is 6.54 Å². The quantitative estimate of drug-likeness (QED) is 0.409. The Morgan fingerprint density at radius 3 is 2.79 bits per heavy atom. The number of nitro benzene ring substituents is 1. The van der Waals surface area contributed by atoms with Crippen molar-refractivity contribution in [2.45, 2.75) is 6.54 Å². The van der Waals surface area contributed by atoms with Crippen LogP contribution in [0.3, 0.4) is 0 Å². The van der Waals surface area contributed by atoms with Gasteiger partial charge in [0.2, 0.25) is 0 Å². The smallest absolute Gasteiger partial charge is 0.273 e. The highest BCUT2D eigenvalue weighted by Gasteiger charge is 2.09. The van der Waals surface area contributed by atoms with Crippen molar-refractivity contribution in [1.29, 1.82) is 0 Å². The third-order valence-electron chi connectivity index (χ3n) is 2.52. The van der Waals surface area contributed by atoms with Gasteiger partial charge in [-0.2, -0.15) is 5.10 Å². The molecule has 19 heavy (non-hydrogen) atoms. The van der Waals surface area contributed by atoms with Crippen LogP contribution in [0.1, 0.15) is 0 Å². The normalized spacial score (nSPS) is 10.2. The Hall–Kier alpha value is -2.61. The Bertz CT molecular complexity index is 554.